The molecule has 1 heterocycles. The van der Waals surface area contributed by atoms with Crippen molar-refractivity contribution in [2.45, 2.75) is 51.0 Å². The van der Waals surface area contributed by atoms with E-state index in [1.807, 2.05) is 30.3 Å². The Morgan fingerprint density at radius 3 is 2.73 bits per heavy atom. The number of nitrogens with zero attached hydrogens (tertiary/aromatic N) is 1. The lowest BCUT2D eigenvalue weighted by molar-refractivity contribution is -0.136. The van der Waals surface area contributed by atoms with E-state index >= 15 is 0 Å². The highest BCUT2D eigenvalue weighted by Crippen LogP contribution is 2.29. The van der Waals surface area contributed by atoms with Gasteiger partial charge in [0.25, 0.3) is 0 Å². The fraction of sp³-hybridized carbons (Fsp3) is 0.550. The second kappa shape index (κ2) is 8.83. The third kappa shape index (κ3) is 4.62. The van der Waals surface area contributed by atoms with E-state index < -0.39 is 0 Å². The van der Waals surface area contributed by atoms with Crippen LogP contribution < -0.4 is 10.6 Å². The van der Waals surface area contributed by atoms with E-state index in [-0.39, 0.29) is 29.8 Å². The summed E-state index contributed by atoms with van der Waals surface area (Å²) < 4.78 is 0. The highest BCUT2D eigenvalue weighted by Gasteiger charge is 2.41. The molecule has 4 amide bonds. The van der Waals surface area contributed by atoms with Crippen LogP contribution in [-0.4, -0.2) is 41.9 Å². The van der Waals surface area contributed by atoms with Gasteiger partial charge in [0.1, 0.15) is 0 Å². The smallest absolute Gasteiger partial charge is 0.324 e. The molecule has 1 saturated heterocycles. The molecule has 2 aliphatic rings. The van der Waals surface area contributed by atoms with Crippen LogP contribution in [0.3, 0.4) is 0 Å². The number of imide groups is 1. The molecule has 1 aromatic carbocycles. The molecule has 1 aliphatic heterocycles. The Morgan fingerprint density at radius 1 is 1.15 bits per heavy atom. The molecule has 6 heteroatoms. The summed E-state index contributed by atoms with van der Waals surface area (Å²) in [4.78, 5) is 37.9. The molecule has 6 nitrogen and oxygen atoms in total. The van der Waals surface area contributed by atoms with Crippen molar-refractivity contribution in [1.82, 2.24) is 15.5 Å². The topological polar surface area (TPSA) is 78.5 Å². The number of hydrogen-bond acceptors (Lipinski definition) is 3. The molecule has 2 fully saturated rings. The van der Waals surface area contributed by atoms with Gasteiger partial charge in [-0.25, -0.2) is 4.79 Å². The van der Waals surface area contributed by atoms with Gasteiger partial charge in [-0.2, -0.15) is 0 Å². The first-order valence-corrected chi connectivity index (χ1v) is 9.57. The fourth-order valence-electron chi connectivity index (χ4n) is 3.82. The van der Waals surface area contributed by atoms with Crippen molar-refractivity contribution in [1.29, 1.82) is 0 Å². The summed E-state index contributed by atoms with van der Waals surface area (Å²) in [6.07, 6.45) is 5.45. The molecular weight excluding hydrogens is 330 g/mol. The van der Waals surface area contributed by atoms with E-state index in [4.69, 9.17) is 0 Å². The second-order valence-corrected chi connectivity index (χ2v) is 7.13. The number of fused-ring (bicyclic) bond motifs is 1. The Kier molecular flexibility index (Phi) is 6.26. The average Bonchev–Trinajstić information content (AvgIpc) is 2.65. The number of amides is 4. The zero-order chi connectivity index (χ0) is 18.4. The molecule has 1 aromatic rings. The van der Waals surface area contributed by atoms with Crippen LogP contribution in [0.2, 0.25) is 0 Å². The van der Waals surface area contributed by atoms with Crippen molar-refractivity contribution < 1.29 is 14.4 Å². The molecule has 140 valence electrons. The van der Waals surface area contributed by atoms with Crippen LogP contribution >= 0.6 is 0 Å². The van der Waals surface area contributed by atoms with Crippen LogP contribution in [0.1, 0.15) is 44.1 Å². The lowest BCUT2D eigenvalue weighted by atomic mass is 9.82. The van der Waals surface area contributed by atoms with Crippen LogP contribution in [0.25, 0.3) is 0 Å². The zero-order valence-corrected chi connectivity index (χ0v) is 15.1. The minimum Gasteiger partial charge on any atom is -0.356 e. The van der Waals surface area contributed by atoms with E-state index in [1.165, 1.54) is 10.5 Å². The van der Waals surface area contributed by atoms with Gasteiger partial charge in [0.2, 0.25) is 11.8 Å². The van der Waals surface area contributed by atoms with Crippen molar-refractivity contribution in [2.24, 2.45) is 5.92 Å². The van der Waals surface area contributed by atoms with Gasteiger partial charge in [0, 0.05) is 25.6 Å². The number of hydrogen-bond donors (Lipinski definition) is 2. The molecule has 3 rings (SSSR count). The van der Waals surface area contributed by atoms with Gasteiger partial charge >= 0.3 is 6.03 Å². The third-order valence-corrected chi connectivity index (χ3v) is 5.27. The Hall–Kier alpha value is -2.37. The largest absolute Gasteiger partial charge is 0.356 e. The number of benzene rings is 1. The van der Waals surface area contributed by atoms with Gasteiger partial charge in [0.05, 0.1) is 5.92 Å². The third-order valence-electron chi connectivity index (χ3n) is 5.27. The summed E-state index contributed by atoms with van der Waals surface area (Å²) in [7, 11) is 0. The number of carbonyl (C=O) groups is 3. The molecule has 0 radical (unpaired) electrons. The summed E-state index contributed by atoms with van der Waals surface area (Å²) in [6.45, 7) is 0.899. The Labute approximate surface area is 154 Å². The molecule has 0 spiro atoms. The van der Waals surface area contributed by atoms with Crippen molar-refractivity contribution in [3.05, 3.63) is 35.9 Å². The summed E-state index contributed by atoms with van der Waals surface area (Å²) in [5.74, 6) is -0.189. The Bertz CT molecular complexity index is 647. The molecule has 1 saturated carbocycles. The van der Waals surface area contributed by atoms with Crippen molar-refractivity contribution in [2.75, 3.05) is 13.1 Å². The first-order chi connectivity index (χ1) is 12.6. The van der Waals surface area contributed by atoms with Crippen molar-refractivity contribution >= 4 is 17.8 Å². The van der Waals surface area contributed by atoms with E-state index in [1.54, 1.807) is 0 Å². The highest BCUT2D eigenvalue weighted by atomic mass is 16.2. The SMILES string of the molecule is O=C(CCCN1C(=O)NC2CCCCC2C1=O)NCCc1ccccc1. The van der Waals surface area contributed by atoms with Gasteiger partial charge in [-0.3, -0.25) is 14.5 Å². The normalized spacial score (nSPS) is 22.5. The summed E-state index contributed by atoms with van der Waals surface area (Å²) in [5.41, 5.74) is 1.19. The molecule has 2 N–H and O–H groups in total. The van der Waals surface area contributed by atoms with Crippen LogP contribution in [-0.2, 0) is 16.0 Å². The van der Waals surface area contributed by atoms with Gasteiger partial charge in [-0.15, -0.1) is 0 Å². The summed E-state index contributed by atoms with van der Waals surface area (Å²) in [6, 6.07) is 9.69. The maximum Gasteiger partial charge on any atom is 0.324 e. The standard InChI is InChI=1S/C20H27N3O3/c24-18(21-13-12-15-7-2-1-3-8-15)11-6-14-23-19(25)16-9-4-5-10-17(16)22-20(23)26/h1-3,7-8,16-17H,4-6,9-14H2,(H,21,24)(H,22,26). The second-order valence-electron chi connectivity index (χ2n) is 7.13. The lowest BCUT2D eigenvalue weighted by Crippen LogP contribution is -2.60. The van der Waals surface area contributed by atoms with Gasteiger partial charge in [-0.05, 0) is 31.2 Å². The Morgan fingerprint density at radius 2 is 1.92 bits per heavy atom. The van der Waals surface area contributed by atoms with E-state index in [0.29, 0.717) is 25.9 Å². The van der Waals surface area contributed by atoms with Crippen LogP contribution in [0.4, 0.5) is 4.79 Å². The first-order valence-electron chi connectivity index (χ1n) is 9.57. The van der Waals surface area contributed by atoms with Crippen molar-refractivity contribution in [3.63, 3.8) is 0 Å². The maximum atomic E-state index is 12.5. The summed E-state index contributed by atoms with van der Waals surface area (Å²) >= 11 is 0. The predicted molar refractivity (Wildman–Crippen MR) is 98.4 cm³/mol. The molecule has 26 heavy (non-hydrogen) atoms. The van der Waals surface area contributed by atoms with Gasteiger partial charge < -0.3 is 10.6 Å². The minimum atomic E-state index is -0.303. The molecular formula is C20H27N3O3. The first kappa shape index (κ1) is 18.4. The number of nitrogens with one attached hydrogen (secondary N) is 2. The lowest BCUT2D eigenvalue weighted by Gasteiger charge is -2.39. The number of urea groups is 1. The Balaban J connectivity index is 1.37. The molecule has 2 atom stereocenters. The summed E-state index contributed by atoms with van der Waals surface area (Å²) in [5, 5.41) is 5.85. The number of carbonyl (C=O) groups excluding carboxylic acids is 3. The van der Waals surface area contributed by atoms with Gasteiger partial charge in [0.15, 0.2) is 0 Å². The fourth-order valence-corrected chi connectivity index (χ4v) is 3.82. The quantitative estimate of drug-likeness (QED) is 0.785. The molecule has 1 aliphatic carbocycles. The van der Waals surface area contributed by atoms with E-state index in [9.17, 15) is 14.4 Å². The maximum absolute atomic E-state index is 12.5. The predicted octanol–water partition coefficient (Wildman–Crippen LogP) is 2.24. The average molecular weight is 357 g/mol. The van der Waals surface area contributed by atoms with Crippen LogP contribution in [0, 0.1) is 5.92 Å². The molecule has 2 unspecified atom stereocenters. The zero-order valence-electron chi connectivity index (χ0n) is 15.1. The minimum absolute atomic E-state index is 0.00119. The van der Waals surface area contributed by atoms with Gasteiger partial charge in [-0.1, -0.05) is 43.2 Å². The van der Waals surface area contributed by atoms with Crippen LogP contribution in [0.5, 0.6) is 0 Å². The molecule has 0 bridgehead atoms. The molecule has 0 aromatic heterocycles. The number of rotatable bonds is 7. The highest BCUT2D eigenvalue weighted by molar-refractivity contribution is 5.98. The van der Waals surface area contributed by atoms with Crippen molar-refractivity contribution in [3.8, 4) is 0 Å². The van der Waals surface area contributed by atoms with E-state index in [2.05, 4.69) is 10.6 Å². The van der Waals surface area contributed by atoms with E-state index in [0.717, 1.165) is 32.1 Å². The monoisotopic (exact) mass is 357 g/mol. The van der Waals surface area contributed by atoms with Crippen LogP contribution in [0.15, 0.2) is 30.3 Å².